The molecule has 0 saturated carbocycles. The van der Waals surface area contributed by atoms with E-state index in [-0.39, 0.29) is 18.9 Å². The fourth-order valence-electron chi connectivity index (χ4n) is 0.0472. The molecule has 0 amide bonds. The largest absolute Gasteiger partial charge is 1.00 e. The van der Waals surface area contributed by atoms with Crippen LogP contribution in [0.4, 0.5) is 0 Å². The first-order chi connectivity index (χ1) is 2.41. The molecular formula is C4H4ILi. The first-order valence-electron chi connectivity index (χ1n) is 1.37. The molecule has 0 N–H and O–H groups in total. The van der Waals surface area contributed by atoms with Gasteiger partial charge in [-0.25, -0.2) is 0 Å². The van der Waals surface area contributed by atoms with E-state index in [9.17, 15) is 0 Å². The summed E-state index contributed by atoms with van der Waals surface area (Å²) in [7, 11) is 0. The molecule has 0 aromatic carbocycles. The maximum atomic E-state index is 6.35. The van der Waals surface area contributed by atoms with Gasteiger partial charge in [0.15, 0.2) is 0 Å². The molecule has 0 bridgehead atoms. The maximum absolute atomic E-state index is 6.35. The summed E-state index contributed by atoms with van der Waals surface area (Å²) in [5.74, 6) is 2.26. The van der Waals surface area contributed by atoms with Gasteiger partial charge in [0, 0.05) is 4.43 Å². The van der Waals surface area contributed by atoms with E-state index in [1.807, 2.05) is 0 Å². The molecule has 0 atom stereocenters. The zero-order valence-corrected chi connectivity index (χ0v) is 5.95. The van der Waals surface area contributed by atoms with E-state index in [2.05, 4.69) is 28.5 Å². The predicted octanol–water partition coefficient (Wildman–Crippen LogP) is -1.59. The molecule has 0 aromatic rings. The van der Waals surface area contributed by atoms with Crippen molar-refractivity contribution in [3.8, 4) is 5.92 Å². The molecule has 2 heteroatoms. The molecule has 0 aliphatic carbocycles. The number of halogens is 1. The third-order valence-electron chi connectivity index (χ3n) is 0.219. The summed E-state index contributed by atoms with van der Waals surface area (Å²) in [6.07, 6.45) is 7.14. The Balaban J connectivity index is 0. The van der Waals surface area contributed by atoms with Crippen molar-refractivity contribution in [3.05, 3.63) is 6.42 Å². The van der Waals surface area contributed by atoms with Crippen LogP contribution in [-0.4, -0.2) is 4.43 Å². The molecular weight excluding hydrogens is 182 g/mol. The Hall–Kier alpha value is 0.887. The van der Waals surface area contributed by atoms with E-state index in [0.29, 0.717) is 0 Å². The van der Waals surface area contributed by atoms with Crippen LogP contribution < -0.4 is 18.9 Å². The summed E-state index contributed by atoms with van der Waals surface area (Å²) in [5.41, 5.74) is 0. The van der Waals surface area contributed by atoms with Gasteiger partial charge in [-0.05, 0) is 6.42 Å². The normalized spacial score (nSPS) is 5.33. The Bertz CT molecular complexity index is 46.0. The predicted molar refractivity (Wildman–Crippen MR) is 30.6 cm³/mol. The van der Waals surface area contributed by atoms with Crippen molar-refractivity contribution >= 4 is 22.6 Å². The van der Waals surface area contributed by atoms with Gasteiger partial charge < -0.3 is 12.3 Å². The first-order valence-corrected chi connectivity index (χ1v) is 2.90. The van der Waals surface area contributed by atoms with E-state index in [1.165, 1.54) is 0 Å². The molecule has 0 saturated heterocycles. The van der Waals surface area contributed by atoms with Crippen molar-refractivity contribution in [2.75, 3.05) is 4.43 Å². The summed E-state index contributed by atoms with van der Waals surface area (Å²) < 4.78 is 1.02. The van der Waals surface area contributed by atoms with Crippen LogP contribution in [0, 0.1) is 12.3 Å². The monoisotopic (exact) mass is 186 g/mol. The van der Waals surface area contributed by atoms with Crippen molar-refractivity contribution < 1.29 is 18.9 Å². The third kappa shape index (κ3) is 8.86. The molecule has 0 rings (SSSR count). The van der Waals surface area contributed by atoms with Crippen LogP contribution >= 0.6 is 22.6 Å². The van der Waals surface area contributed by atoms with Gasteiger partial charge in [0.05, 0.1) is 0 Å². The van der Waals surface area contributed by atoms with Crippen LogP contribution in [0.25, 0.3) is 0 Å². The van der Waals surface area contributed by atoms with Gasteiger partial charge in [-0.3, -0.25) is 0 Å². The minimum absolute atomic E-state index is 0. The van der Waals surface area contributed by atoms with E-state index in [1.54, 1.807) is 0 Å². The van der Waals surface area contributed by atoms with Gasteiger partial charge in [0.25, 0.3) is 0 Å². The average Bonchev–Trinajstić information content (AvgIpc) is 1.41. The Morgan fingerprint density at radius 3 is 2.17 bits per heavy atom. The van der Waals surface area contributed by atoms with Crippen LogP contribution in [-0.2, 0) is 0 Å². The average molecular weight is 186 g/mol. The maximum Gasteiger partial charge on any atom is 1.00 e. The van der Waals surface area contributed by atoms with Gasteiger partial charge in [-0.15, -0.1) is 0 Å². The molecule has 0 spiro atoms. The summed E-state index contributed by atoms with van der Waals surface area (Å²) >= 11 is 2.20. The molecule has 0 aliphatic rings. The second-order valence-corrected chi connectivity index (χ2v) is 1.69. The van der Waals surface area contributed by atoms with E-state index < -0.39 is 0 Å². The molecule has 0 heterocycles. The summed E-state index contributed by atoms with van der Waals surface area (Å²) in [4.78, 5) is 0. The molecule has 28 valence electrons. The van der Waals surface area contributed by atoms with Crippen LogP contribution in [0.15, 0.2) is 0 Å². The smallest absolute Gasteiger partial charge is 0.694 e. The SMILES string of the molecule is [C-]#CCCI.[Li+]. The second kappa shape index (κ2) is 9.31. The molecule has 6 heavy (non-hydrogen) atoms. The first kappa shape index (κ1) is 9.99. The van der Waals surface area contributed by atoms with Gasteiger partial charge in [0.2, 0.25) is 0 Å². The van der Waals surface area contributed by atoms with Crippen molar-refractivity contribution in [2.45, 2.75) is 6.42 Å². The minimum Gasteiger partial charge on any atom is -0.694 e. The van der Waals surface area contributed by atoms with Crippen LogP contribution in [0.2, 0.25) is 0 Å². The zero-order valence-electron chi connectivity index (χ0n) is 3.79. The van der Waals surface area contributed by atoms with Gasteiger partial charge in [0.1, 0.15) is 0 Å². The summed E-state index contributed by atoms with van der Waals surface area (Å²) in [6.45, 7) is 0. The van der Waals surface area contributed by atoms with Gasteiger partial charge in [-0.1, -0.05) is 22.6 Å². The molecule has 0 aromatic heterocycles. The number of hydrogen-bond donors (Lipinski definition) is 0. The number of alkyl halides is 1. The van der Waals surface area contributed by atoms with Crippen LogP contribution in [0.3, 0.4) is 0 Å². The van der Waals surface area contributed by atoms with Crippen molar-refractivity contribution in [1.82, 2.24) is 0 Å². The molecule has 0 aliphatic heterocycles. The van der Waals surface area contributed by atoms with Crippen LogP contribution in [0.5, 0.6) is 0 Å². The molecule has 0 fully saturated rings. The van der Waals surface area contributed by atoms with E-state index >= 15 is 0 Å². The Morgan fingerprint density at radius 2 is 2.17 bits per heavy atom. The van der Waals surface area contributed by atoms with Crippen molar-refractivity contribution in [2.24, 2.45) is 0 Å². The van der Waals surface area contributed by atoms with E-state index in [4.69, 9.17) is 6.42 Å². The van der Waals surface area contributed by atoms with Gasteiger partial charge >= 0.3 is 18.9 Å². The molecule has 0 nitrogen and oxygen atoms in total. The summed E-state index contributed by atoms with van der Waals surface area (Å²) in [5, 5.41) is 0. The summed E-state index contributed by atoms with van der Waals surface area (Å²) in [6, 6.07) is 0. The second-order valence-electron chi connectivity index (χ2n) is 0.616. The number of hydrogen-bond acceptors (Lipinski definition) is 0. The Labute approximate surface area is 64.4 Å². The van der Waals surface area contributed by atoms with E-state index in [0.717, 1.165) is 10.8 Å². The fraction of sp³-hybridized carbons (Fsp3) is 0.500. The fourth-order valence-corrected chi connectivity index (χ4v) is 0.317. The Kier molecular flexibility index (Phi) is 15.5. The quantitative estimate of drug-likeness (QED) is 0.152. The van der Waals surface area contributed by atoms with Crippen molar-refractivity contribution in [3.63, 3.8) is 0 Å². The topological polar surface area (TPSA) is 0 Å². The number of rotatable bonds is 1. The zero-order chi connectivity index (χ0) is 4.12. The standard InChI is InChI=1S/C4H4I.Li/c1-2-3-4-5;/h3-4H2;/q-1;+1. The third-order valence-corrected chi connectivity index (χ3v) is 0.759. The van der Waals surface area contributed by atoms with Gasteiger partial charge in [-0.2, -0.15) is 0 Å². The Morgan fingerprint density at radius 1 is 1.67 bits per heavy atom. The van der Waals surface area contributed by atoms with Crippen molar-refractivity contribution in [1.29, 1.82) is 0 Å². The molecule has 0 radical (unpaired) electrons. The van der Waals surface area contributed by atoms with Crippen LogP contribution in [0.1, 0.15) is 6.42 Å². The molecule has 0 unspecified atom stereocenters. The minimum atomic E-state index is 0.